The summed E-state index contributed by atoms with van der Waals surface area (Å²) in [6.07, 6.45) is 0.370. The first-order valence-electron chi connectivity index (χ1n) is 10.8. The molecule has 0 saturated carbocycles. The Balaban J connectivity index is 1.47. The highest BCUT2D eigenvalue weighted by molar-refractivity contribution is 6.09. The lowest BCUT2D eigenvalue weighted by molar-refractivity contribution is -0.153. The first-order valence-corrected chi connectivity index (χ1v) is 10.8. The van der Waals surface area contributed by atoms with Gasteiger partial charge in [0.1, 0.15) is 19.3 Å². The van der Waals surface area contributed by atoms with E-state index < -0.39 is 23.9 Å². The Kier molecular flexibility index (Phi) is 8.49. The predicted molar refractivity (Wildman–Crippen MR) is 125 cm³/mol. The zero-order valence-corrected chi connectivity index (χ0v) is 18.5. The number of hydrogen-bond donors (Lipinski definition) is 1. The molecule has 1 unspecified atom stereocenters. The van der Waals surface area contributed by atoms with Crippen LogP contribution in [0.4, 0.5) is 0 Å². The quantitative estimate of drug-likeness (QED) is 0.291. The van der Waals surface area contributed by atoms with Gasteiger partial charge in [-0.1, -0.05) is 78.9 Å². The Labute approximate surface area is 193 Å². The third-order valence-electron chi connectivity index (χ3n) is 5.21. The van der Waals surface area contributed by atoms with Crippen LogP contribution in [0.1, 0.15) is 39.9 Å². The summed E-state index contributed by atoms with van der Waals surface area (Å²) >= 11 is 0. The van der Waals surface area contributed by atoms with Gasteiger partial charge in [-0.2, -0.15) is 0 Å². The van der Waals surface area contributed by atoms with Crippen LogP contribution in [-0.2, 0) is 25.5 Å². The second-order valence-corrected chi connectivity index (χ2v) is 7.67. The number of carbonyl (C=O) groups is 3. The number of rotatable bonds is 10. The Morgan fingerprint density at radius 1 is 0.758 bits per heavy atom. The van der Waals surface area contributed by atoms with Gasteiger partial charge in [0, 0.05) is 11.1 Å². The Morgan fingerprint density at radius 2 is 1.33 bits per heavy atom. The zero-order chi connectivity index (χ0) is 23.6. The average Bonchev–Trinajstić information content (AvgIpc) is 2.86. The summed E-state index contributed by atoms with van der Waals surface area (Å²) in [6.45, 7) is 1.55. The second-order valence-electron chi connectivity index (χ2n) is 7.67. The van der Waals surface area contributed by atoms with E-state index in [0.29, 0.717) is 23.1 Å². The highest BCUT2D eigenvalue weighted by Gasteiger charge is 2.20. The fourth-order valence-electron chi connectivity index (χ4n) is 3.31. The van der Waals surface area contributed by atoms with E-state index in [2.05, 4.69) is 0 Å². The number of benzene rings is 3. The van der Waals surface area contributed by atoms with Crippen molar-refractivity contribution < 1.29 is 23.9 Å². The number of nitrogens with two attached hydrogens (primary N) is 1. The van der Waals surface area contributed by atoms with Gasteiger partial charge in [0.05, 0.1) is 5.92 Å². The molecule has 3 aromatic carbocycles. The molecular formula is C27H27NO5. The standard InChI is InChI=1S/C27H27NO5/c1-19(22-13-8-14-23(18-22)25(29)21-11-6-3-7-12-21)26(30)32-15-16-33-27(31)24(28)17-20-9-4-2-5-10-20/h2-14,18-19,24H,15-17,28H2,1H3/t19?,24-/m1/s1. The summed E-state index contributed by atoms with van der Waals surface area (Å²) in [5.74, 6) is -1.71. The average molecular weight is 446 g/mol. The molecule has 0 amide bonds. The SMILES string of the molecule is CC(C(=O)OCCOC(=O)[C@H](N)Cc1ccccc1)c1cccc(C(=O)c2ccccc2)c1. The largest absolute Gasteiger partial charge is 0.462 e. The molecule has 0 radical (unpaired) electrons. The Hall–Kier alpha value is -3.77. The predicted octanol–water partition coefficient (Wildman–Crippen LogP) is 3.68. The van der Waals surface area contributed by atoms with E-state index >= 15 is 0 Å². The van der Waals surface area contributed by atoms with E-state index in [1.807, 2.05) is 36.4 Å². The molecule has 170 valence electrons. The van der Waals surface area contributed by atoms with Crippen molar-refractivity contribution in [2.75, 3.05) is 13.2 Å². The fraction of sp³-hybridized carbons (Fsp3) is 0.222. The second kappa shape index (κ2) is 11.7. The molecule has 0 aliphatic rings. The summed E-state index contributed by atoms with van der Waals surface area (Å²) < 4.78 is 10.4. The zero-order valence-electron chi connectivity index (χ0n) is 18.5. The molecule has 0 aromatic heterocycles. The van der Waals surface area contributed by atoms with Crippen LogP contribution in [0, 0.1) is 0 Å². The molecule has 0 saturated heterocycles. The van der Waals surface area contributed by atoms with Crippen LogP contribution in [0.15, 0.2) is 84.9 Å². The lowest BCUT2D eigenvalue weighted by atomic mass is 9.96. The maximum atomic E-state index is 12.7. The van der Waals surface area contributed by atoms with Crippen molar-refractivity contribution >= 4 is 17.7 Å². The minimum atomic E-state index is -0.785. The topological polar surface area (TPSA) is 95.7 Å². The smallest absolute Gasteiger partial charge is 0.323 e. The molecule has 6 heteroatoms. The van der Waals surface area contributed by atoms with Gasteiger partial charge >= 0.3 is 11.9 Å². The van der Waals surface area contributed by atoms with Crippen LogP contribution in [0.5, 0.6) is 0 Å². The van der Waals surface area contributed by atoms with E-state index in [9.17, 15) is 14.4 Å². The molecular weight excluding hydrogens is 418 g/mol. The monoisotopic (exact) mass is 445 g/mol. The number of esters is 2. The molecule has 3 aromatic rings. The summed E-state index contributed by atoms with van der Waals surface area (Å²) in [5, 5.41) is 0. The van der Waals surface area contributed by atoms with Crippen LogP contribution >= 0.6 is 0 Å². The highest BCUT2D eigenvalue weighted by Crippen LogP contribution is 2.20. The van der Waals surface area contributed by atoms with Gasteiger partial charge in [-0.15, -0.1) is 0 Å². The van der Waals surface area contributed by atoms with Crippen LogP contribution in [0.25, 0.3) is 0 Å². The number of ether oxygens (including phenoxy) is 2. The maximum absolute atomic E-state index is 12.7. The van der Waals surface area contributed by atoms with Crippen molar-refractivity contribution in [3.63, 3.8) is 0 Å². The van der Waals surface area contributed by atoms with Gasteiger partial charge < -0.3 is 15.2 Å². The molecule has 0 aliphatic carbocycles. The summed E-state index contributed by atoms with van der Waals surface area (Å²) in [7, 11) is 0. The van der Waals surface area contributed by atoms with Crippen molar-refractivity contribution in [1.29, 1.82) is 0 Å². The first-order chi connectivity index (χ1) is 16.0. The van der Waals surface area contributed by atoms with E-state index in [-0.39, 0.29) is 19.0 Å². The van der Waals surface area contributed by atoms with Crippen LogP contribution < -0.4 is 5.73 Å². The van der Waals surface area contributed by atoms with Crippen LogP contribution in [0.2, 0.25) is 0 Å². The van der Waals surface area contributed by atoms with E-state index in [1.165, 1.54) is 0 Å². The molecule has 0 aliphatic heterocycles. The number of ketones is 1. The summed E-state index contributed by atoms with van der Waals surface area (Å²) in [4.78, 5) is 37.1. The van der Waals surface area contributed by atoms with Gasteiger partial charge in [-0.3, -0.25) is 14.4 Å². The van der Waals surface area contributed by atoms with Crippen molar-refractivity contribution in [3.05, 3.63) is 107 Å². The number of hydrogen-bond acceptors (Lipinski definition) is 6. The molecule has 33 heavy (non-hydrogen) atoms. The fourth-order valence-corrected chi connectivity index (χ4v) is 3.31. The highest BCUT2D eigenvalue weighted by atomic mass is 16.6. The van der Waals surface area contributed by atoms with Gasteiger partial charge in [0.15, 0.2) is 5.78 Å². The maximum Gasteiger partial charge on any atom is 0.323 e. The molecule has 0 heterocycles. The van der Waals surface area contributed by atoms with Gasteiger partial charge in [-0.05, 0) is 30.5 Å². The minimum Gasteiger partial charge on any atom is -0.462 e. The first kappa shape index (κ1) is 23.9. The Morgan fingerprint density at radius 3 is 2.00 bits per heavy atom. The van der Waals surface area contributed by atoms with Gasteiger partial charge in [0.25, 0.3) is 0 Å². The molecule has 0 fully saturated rings. The van der Waals surface area contributed by atoms with Gasteiger partial charge in [-0.25, -0.2) is 0 Å². The molecule has 0 spiro atoms. The van der Waals surface area contributed by atoms with Crippen LogP contribution in [0.3, 0.4) is 0 Å². The van der Waals surface area contributed by atoms with E-state index in [4.69, 9.17) is 15.2 Å². The molecule has 2 N–H and O–H groups in total. The third kappa shape index (κ3) is 6.85. The van der Waals surface area contributed by atoms with Gasteiger partial charge in [0.2, 0.25) is 0 Å². The molecule has 3 rings (SSSR count). The van der Waals surface area contributed by atoms with Crippen molar-refractivity contribution in [2.24, 2.45) is 5.73 Å². The summed E-state index contributed by atoms with van der Waals surface area (Å²) in [6, 6.07) is 24.5. The molecule has 2 atom stereocenters. The van der Waals surface area contributed by atoms with E-state index in [1.54, 1.807) is 55.5 Å². The lowest BCUT2D eigenvalue weighted by Crippen LogP contribution is -2.35. The normalized spacial score (nSPS) is 12.4. The van der Waals surface area contributed by atoms with Crippen molar-refractivity contribution in [3.8, 4) is 0 Å². The van der Waals surface area contributed by atoms with E-state index in [0.717, 1.165) is 5.56 Å². The molecule has 6 nitrogen and oxygen atoms in total. The minimum absolute atomic E-state index is 0.0738. The molecule has 0 bridgehead atoms. The van der Waals surface area contributed by atoms with Crippen molar-refractivity contribution in [1.82, 2.24) is 0 Å². The third-order valence-corrected chi connectivity index (χ3v) is 5.21. The van der Waals surface area contributed by atoms with Crippen LogP contribution in [-0.4, -0.2) is 37.0 Å². The number of carbonyl (C=O) groups excluding carboxylic acids is 3. The lowest BCUT2D eigenvalue weighted by Gasteiger charge is -2.14. The Bertz CT molecular complexity index is 1080. The summed E-state index contributed by atoms with van der Waals surface area (Å²) in [5.41, 5.74) is 8.58. The van der Waals surface area contributed by atoms with Crippen molar-refractivity contribution in [2.45, 2.75) is 25.3 Å².